The van der Waals surface area contributed by atoms with E-state index < -0.39 is 0 Å². The van der Waals surface area contributed by atoms with Gasteiger partial charge >= 0.3 is 0 Å². The molecule has 17 heavy (non-hydrogen) atoms. The number of carbonyl (C=O) groups is 1. The predicted molar refractivity (Wildman–Crippen MR) is 68.0 cm³/mol. The van der Waals surface area contributed by atoms with E-state index in [0.717, 1.165) is 25.8 Å². The van der Waals surface area contributed by atoms with Crippen LogP contribution in [-0.4, -0.2) is 29.3 Å². The Kier molecular flexibility index (Phi) is 2.75. The van der Waals surface area contributed by atoms with Crippen LogP contribution in [0.25, 0.3) is 0 Å². The lowest BCUT2D eigenvalue weighted by atomic mass is 9.93. The largest absolute Gasteiger partial charge is 0.300 e. The molecular weight excluding hydrogens is 210 g/mol. The molecule has 0 unspecified atom stereocenters. The average Bonchev–Trinajstić information content (AvgIpc) is 2.74. The highest BCUT2D eigenvalue weighted by Gasteiger charge is 2.40. The topological polar surface area (TPSA) is 20.3 Å². The SMILES string of the molecule is C[C@@H]1CC(=O)C[C@@H]2C[C@H](c3ccccc3)CN21. The monoisotopic (exact) mass is 229 g/mol. The summed E-state index contributed by atoms with van der Waals surface area (Å²) in [4.78, 5) is 14.2. The van der Waals surface area contributed by atoms with Crippen LogP contribution in [0.15, 0.2) is 30.3 Å². The minimum absolute atomic E-state index is 0.440. The predicted octanol–water partition coefficient (Wildman–Crippen LogP) is 2.60. The molecule has 90 valence electrons. The summed E-state index contributed by atoms with van der Waals surface area (Å²) in [7, 11) is 0. The second-order valence-corrected chi connectivity index (χ2v) is 5.49. The van der Waals surface area contributed by atoms with Gasteiger partial charge in [0.2, 0.25) is 0 Å². The first-order chi connectivity index (χ1) is 8.24. The third-order valence-corrected chi connectivity index (χ3v) is 4.28. The standard InChI is InChI=1S/C15H19NO/c1-11-7-15(17)9-14-8-13(10-16(11)14)12-5-3-2-4-6-12/h2-6,11,13-14H,7-10H2,1H3/t11-,13+,14+/m1/s1. The van der Waals surface area contributed by atoms with E-state index in [4.69, 9.17) is 0 Å². The van der Waals surface area contributed by atoms with Crippen LogP contribution >= 0.6 is 0 Å². The van der Waals surface area contributed by atoms with Crippen LogP contribution in [0.2, 0.25) is 0 Å². The first-order valence-corrected chi connectivity index (χ1v) is 6.56. The fourth-order valence-corrected chi connectivity index (χ4v) is 3.44. The highest BCUT2D eigenvalue weighted by Crippen LogP contribution is 2.37. The van der Waals surface area contributed by atoms with Gasteiger partial charge in [0.15, 0.2) is 0 Å². The molecule has 1 aromatic rings. The molecule has 0 saturated carbocycles. The van der Waals surface area contributed by atoms with Gasteiger partial charge in [0, 0.05) is 31.5 Å². The van der Waals surface area contributed by atoms with E-state index >= 15 is 0 Å². The van der Waals surface area contributed by atoms with Crippen molar-refractivity contribution < 1.29 is 4.79 Å². The molecule has 0 N–H and O–H groups in total. The Morgan fingerprint density at radius 2 is 1.94 bits per heavy atom. The Balaban J connectivity index is 1.79. The molecule has 2 heterocycles. The number of Topliss-reactive ketones (excluding diaryl/α,β-unsaturated/α-hetero) is 1. The molecule has 2 fully saturated rings. The fourth-order valence-electron chi connectivity index (χ4n) is 3.44. The van der Waals surface area contributed by atoms with Gasteiger partial charge in [-0.2, -0.15) is 0 Å². The van der Waals surface area contributed by atoms with Crippen molar-refractivity contribution in [1.29, 1.82) is 0 Å². The van der Waals surface area contributed by atoms with Gasteiger partial charge in [-0.3, -0.25) is 9.69 Å². The summed E-state index contributed by atoms with van der Waals surface area (Å²) in [6, 6.07) is 11.7. The average molecular weight is 229 g/mol. The number of fused-ring (bicyclic) bond motifs is 1. The molecular formula is C15H19NO. The molecule has 1 aromatic carbocycles. The molecule has 3 rings (SSSR count). The summed E-state index contributed by atoms with van der Waals surface area (Å²) in [5.41, 5.74) is 1.43. The Morgan fingerprint density at radius 1 is 1.18 bits per heavy atom. The van der Waals surface area contributed by atoms with E-state index in [-0.39, 0.29) is 0 Å². The van der Waals surface area contributed by atoms with Gasteiger partial charge in [0.05, 0.1) is 0 Å². The minimum atomic E-state index is 0.440. The Bertz CT molecular complexity index is 414. The smallest absolute Gasteiger partial charge is 0.136 e. The molecule has 0 bridgehead atoms. The Labute approximate surface area is 103 Å². The van der Waals surface area contributed by atoms with Gasteiger partial charge in [0.1, 0.15) is 5.78 Å². The van der Waals surface area contributed by atoms with Gasteiger partial charge in [-0.1, -0.05) is 30.3 Å². The van der Waals surface area contributed by atoms with Gasteiger partial charge < -0.3 is 0 Å². The summed E-state index contributed by atoms with van der Waals surface area (Å²) < 4.78 is 0. The molecule has 0 amide bonds. The van der Waals surface area contributed by atoms with E-state index in [1.165, 1.54) is 5.56 Å². The van der Waals surface area contributed by atoms with E-state index in [2.05, 4.69) is 42.2 Å². The number of hydrogen-bond donors (Lipinski definition) is 0. The van der Waals surface area contributed by atoms with Crippen molar-refractivity contribution in [2.45, 2.75) is 44.2 Å². The second-order valence-electron chi connectivity index (χ2n) is 5.49. The van der Waals surface area contributed by atoms with Gasteiger partial charge in [-0.15, -0.1) is 0 Å². The maximum atomic E-state index is 11.6. The number of piperidine rings is 1. The van der Waals surface area contributed by atoms with Crippen LogP contribution in [0.4, 0.5) is 0 Å². The number of rotatable bonds is 1. The van der Waals surface area contributed by atoms with Crippen LogP contribution in [0.1, 0.15) is 37.7 Å². The van der Waals surface area contributed by atoms with Crippen molar-refractivity contribution in [3.05, 3.63) is 35.9 Å². The second kappa shape index (κ2) is 4.26. The molecule has 0 spiro atoms. The van der Waals surface area contributed by atoms with E-state index in [1.807, 2.05) is 0 Å². The summed E-state index contributed by atoms with van der Waals surface area (Å²) in [6.45, 7) is 3.32. The highest BCUT2D eigenvalue weighted by atomic mass is 16.1. The zero-order valence-electron chi connectivity index (χ0n) is 10.3. The lowest BCUT2D eigenvalue weighted by Gasteiger charge is -2.34. The van der Waals surface area contributed by atoms with Crippen LogP contribution in [0.5, 0.6) is 0 Å². The minimum Gasteiger partial charge on any atom is -0.300 e. The van der Waals surface area contributed by atoms with Crippen molar-refractivity contribution in [2.24, 2.45) is 0 Å². The van der Waals surface area contributed by atoms with E-state index in [1.54, 1.807) is 0 Å². The van der Waals surface area contributed by atoms with Crippen molar-refractivity contribution >= 4 is 5.78 Å². The van der Waals surface area contributed by atoms with Crippen LogP contribution in [0, 0.1) is 0 Å². The van der Waals surface area contributed by atoms with Crippen LogP contribution in [-0.2, 0) is 4.79 Å². The first kappa shape index (κ1) is 11.0. The summed E-state index contributed by atoms with van der Waals surface area (Å²) in [6.07, 6.45) is 2.67. The zero-order chi connectivity index (χ0) is 11.8. The molecule has 2 aliphatic rings. The first-order valence-electron chi connectivity index (χ1n) is 6.56. The highest BCUT2D eigenvalue weighted by molar-refractivity contribution is 5.80. The summed E-state index contributed by atoms with van der Waals surface area (Å²) >= 11 is 0. The number of carbonyl (C=O) groups excluding carboxylic acids is 1. The fraction of sp³-hybridized carbons (Fsp3) is 0.533. The third-order valence-electron chi connectivity index (χ3n) is 4.28. The lowest BCUT2D eigenvalue weighted by molar-refractivity contribution is -0.124. The third kappa shape index (κ3) is 2.02. The molecule has 2 aliphatic heterocycles. The van der Waals surface area contributed by atoms with Crippen molar-refractivity contribution in [3.8, 4) is 0 Å². The molecule has 2 nitrogen and oxygen atoms in total. The normalized spacial score (nSPS) is 33.7. The zero-order valence-corrected chi connectivity index (χ0v) is 10.3. The number of ketones is 1. The van der Waals surface area contributed by atoms with Crippen LogP contribution < -0.4 is 0 Å². The van der Waals surface area contributed by atoms with Gasteiger partial charge in [0.25, 0.3) is 0 Å². The van der Waals surface area contributed by atoms with Crippen molar-refractivity contribution in [2.75, 3.05) is 6.54 Å². The van der Waals surface area contributed by atoms with Gasteiger partial charge in [-0.05, 0) is 24.8 Å². The summed E-state index contributed by atoms with van der Waals surface area (Å²) in [5.74, 6) is 1.07. The number of benzene rings is 1. The molecule has 2 saturated heterocycles. The van der Waals surface area contributed by atoms with E-state index in [9.17, 15) is 4.79 Å². The maximum absolute atomic E-state index is 11.6. The molecule has 0 aliphatic carbocycles. The molecule has 3 atom stereocenters. The lowest BCUT2D eigenvalue weighted by Crippen LogP contribution is -2.44. The molecule has 0 radical (unpaired) electrons. The van der Waals surface area contributed by atoms with E-state index in [0.29, 0.717) is 23.8 Å². The maximum Gasteiger partial charge on any atom is 0.136 e. The van der Waals surface area contributed by atoms with Crippen LogP contribution in [0.3, 0.4) is 0 Å². The number of nitrogens with zero attached hydrogens (tertiary/aromatic N) is 1. The Hall–Kier alpha value is -1.15. The quantitative estimate of drug-likeness (QED) is 0.737. The van der Waals surface area contributed by atoms with Crippen molar-refractivity contribution in [3.63, 3.8) is 0 Å². The van der Waals surface area contributed by atoms with Crippen molar-refractivity contribution in [1.82, 2.24) is 4.90 Å². The molecule has 0 aromatic heterocycles. The molecule has 2 heteroatoms. The summed E-state index contributed by atoms with van der Waals surface area (Å²) in [5, 5.41) is 0. The number of hydrogen-bond acceptors (Lipinski definition) is 2. The van der Waals surface area contributed by atoms with Gasteiger partial charge in [-0.25, -0.2) is 0 Å². The Morgan fingerprint density at radius 3 is 2.71 bits per heavy atom.